The number of nitro groups is 1. The SMILES string of the molecule is COC(=O)c1c(COC(=O)Cc2ccccc2[N+](=O)[O-])nc2ccccc2c1C. The first-order valence-corrected chi connectivity index (χ1v) is 8.76. The number of ether oxygens (including phenoxy) is 2. The molecular formula is C21H18N2O6. The average Bonchev–Trinajstić information content (AvgIpc) is 2.72. The molecule has 0 N–H and O–H groups in total. The molecular weight excluding hydrogens is 376 g/mol. The Morgan fingerprint density at radius 1 is 1.10 bits per heavy atom. The zero-order valence-electron chi connectivity index (χ0n) is 15.9. The normalized spacial score (nSPS) is 10.6. The molecule has 148 valence electrons. The van der Waals surface area contributed by atoms with Crippen LogP contribution in [0.5, 0.6) is 0 Å². The quantitative estimate of drug-likeness (QED) is 0.357. The van der Waals surface area contributed by atoms with Crippen LogP contribution in [0.1, 0.15) is 27.2 Å². The first-order chi connectivity index (χ1) is 13.9. The molecule has 3 rings (SSSR count). The van der Waals surface area contributed by atoms with Gasteiger partial charge in [0.25, 0.3) is 5.69 Å². The molecule has 0 saturated carbocycles. The van der Waals surface area contributed by atoms with Crippen molar-refractivity contribution in [3.8, 4) is 0 Å². The van der Waals surface area contributed by atoms with Gasteiger partial charge in [-0.05, 0) is 18.6 Å². The van der Waals surface area contributed by atoms with Crippen LogP contribution in [-0.4, -0.2) is 29.0 Å². The number of hydrogen-bond donors (Lipinski definition) is 0. The molecule has 0 bridgehead atoms. The molecule has 0 fully saturated rings. The predicted octanol–water partition coefficient (Wildman–Crippen LogP) is 3.52. The van der Waals surface area contributed by atoms with Crippen molar-refractivity contribution in [3.63, 3.8) is 0 Å². The molecule has 1 aromatic heterocycles. The fourth-order valence-electron chi connectivity index (χ4n) is 3.11. The van der Waals surface area contributed by atoms with Crippen LogP contribution in [0.25, 0.3) is 10.9 Å². The largest absolute Gasteiger partial charge is 0.465 e. The van der Waals surface area contributed by atoms with Crippen molar-refractivity contribution < 1.29 is 24.0 Å². The predicted molar refractivity (Wildman–Crippen MR) is 104 cm³/mol. The molecule has 8 nitrogen and oxygen atoms in total. The molecule has 0 aliphatic carbocycles. The Bertz CT molecular complexity index is 1110. The first-order valence-electron chi connectivity index (χ1n) is 8.76. The van der Waals surface area contributed by atoms with E-state index in [2.05, 4.69) is 4.98 Å². The van der Waals surface area contributed by atoms with Crippen molar-refractivity contribution in [1.29, 1.82) is 0 Å². The number of aryl methyl sites for hydroxylation is 1. The van der Waals surface area contributed by atoms with Crippen molar-refractivity contribution in [2.75, 3.05) is 7.11 Å². The maximum absolute atomic E-state index is 12.3. The van der Waals surface area contributed by atoms with E-state index in [-0.39, 0.29) is 35.5 Å². The van der Waals surface area contributed by atoms with Gasteiger partial charge in [-0.25, -0.2) is 9.78 Å². The zero-order valence-corrected chi connectivity index (χ0v) is 15.9. The number of aromatic nitrogens is 1. The van der Waals surface area contributed by atoms with E-state index in [4.69, 9.17) is 9.47 Å². The Kier molecular flexibility index (Phi) is 5.82. The van der Waals surface area contributed by atoms with Crippen LogP contribution in [0, 0.1) is 17.0 Å². The number of fused-ring (bicyclic) bond motifs is 1. The highest BCUT2D eigenvalue weighted by Gasteiger charge is 2.21. The number of pyridine rings is 1. The molecule has 0 atom stereocenters. The molecule has 1 heterocycles. The number of carbonyl (C=O) groups excluding carboxylic acids is 2. The topological polar surface area (TPSA) is 109 Å². The average molecular weight is 394 g/mol. The molecule has 0 saturated heterocycles. The lowest BCUT2D eigenvalue weighted by molar-refractivity contribution is -0.385. The monoisotopic (exact) mass is 394 g/mol. The van der Waals surface area contributed by atoms with Gasteiger partial charge in [0.15, 0.2) is 0 Å². The number of benzene rings is 2. The van der Waals surface area contributed by atoms with E-state index >= 15 is 0 Å². The van der Waals surface area contributed by atoms with Crippen LogP contribution >= 0.6 is 0 Å². The molecule has 0 unspecified atom stereocenters. The number of nitro benzene ring substituents is 1. The molecule has 3 aromatic rings. The lowest BCUT2D eigenvalue weighted by atomic mass is 10.0. The smallest absolute Gasteiger partial charge is 0.340 e. The van der Waals surface area contributed by atoms with Crippen LogP contribution in [0.2, 0.25) is 0 Å². The summed E-state index contributed by atoms with van der Waals surface area (Å²) < 4.78 is 10.1. The summed E-state index contributed by atoms with van der Waals surface area (Å²) in [5.41, 5.74) is 1.93. The molecule has 0 radical (unpaired) electrons. The highest BCUT2D eigenvalue weighted by Crippen LogP contribution is 2.24. The number of hydrogen-bond acceptors (Lipinski definition) is 7. The van der Waals surface area contributed by atoms with Gasteiger partial charge < -0.3 is 9.47 Å². The highest BCUT2D eigenvalue weighted by atomic mass is 16.6. The fraction of sp³-hybridized carbons (Fsp3) is 0.190. The summed E-state index contributed by atoms with van der Waals surface area (Å²) in [6.45, 7) is 1.52. The van der Waals surface area contributed by atoms with Gasteiger partial charge in [0, 0.05) is 17.0 Å². The second-order valence-electron chi connectivity index (χ2n) is 6.29. The Morgan fingerprint density at radius 2 is 1.79 bits per heavy atom. The third kappa shape index (κ3) is 4.21. The third-order valence-corrected chi connectivity index (χ3v) is 4.51. The number of rotatable bonds is 6. The number of nitrogens with zero attached hydrogens (tertiary/aromatic N) is 2. The second-order valence-corrected chi connectivity index (χ2v) is 6.29. The van der Waals surface area contributed by atoms with Gasteiger partial charge in [-0.2, -0.15) is 0 Å². The summed E-state index contributed by atoms with van der Waals surface area (Å²) in [4.78, 5) is 39.5. The maximum atomic E-state index is 12.3. The molecule has 29 heavy (non-hydrogen) atoms. The summed E-state index contributed by atoms with van der Waals surface area (Å²) in [6, 6.07) is 13.2. The lowest BCUT2D eigenvalue weighted by Gasteiger charge is -2.13. The van der Waals surface area contributed by atoms with E-state index in [0.29, 0.717) is 11.1 Å². The van der Waals surface area contributed by atoms with Gasteiger partial charge >= 0.3 is 11.9 Å². The molecule has 2 aromatic carbocycles. The highest BCUT2D eigenvalue weighted by molar-refractivity contribution is 5.98. The Morgan fingerprint density at radius 3 is 2.52 bits per heavy atom. The summed E-state index contributed by atoms with van der Waals surface area (Å²) in [5.74, 6) is -1.24. The van der Waals surface area contributed by atoms with E-state index in [1.165, 1.54) is 25.3 Å². The van der Waals surface area contributed by atoms with Gasteiger partial charge in [0.05, 0.1) is 35.2 Å². The zero-order chi connectivity index (χ0) is 21.0. The van der Waals surface area contributed by atoms with Crippen LogP contribution in [0.4, 0.5) is 5.69 Å². The standard InChI is InChI=1S/C21H18N2O6/c1-13-15-8-4-5-9-16(15)22-17(20(13)21(25)28-2)12-29-19(24)11-14-7-3-6-10-18(14)23(26)27/h3-10H,11-12H2,1-2H3. The fourth-order valence-corrected chi connectivity index (χ4v) is 3.11. The molecule has 0 aliphatic rings. The number of esters is 2. The van der Waals surface area contributed by atoms with Crippen LogP contribution in [-0.2, 0) is 27.3 Å². The summed E-state index contributed by atoms with van der Waals surface area (Å²) in [7, 11) is 1.27. The van der Waals surface area contributed by atoms with Crippen LogP contribution in [0.3, 0.4) is 0 Å². The van der Waals surface area contributed by atoms with E-state index in [1.54, 1.807) is 19.1 Å². The van der Waals surface area contributed by atoms with Crippen LogP contribution in [0.15, 0.2) is 48.5 Å². The van der Waals surface area contributed by atoms with Crippen molar-refractivity contribution in [1.82, 2.24) is 4.98 Å². The van der Waals surface area contributed by atoms with Gasteiger partial charge in [0.2, 0.25) is 0 Å². The van der Waals surface area contributed by atoms with Gasteiger partial charge in [-0.3, -0.25) is 14.9 Å². The Hall–Kier alpha value is -3.81. The molecule has 8 heteroatoms. The Labute approximate surface area is 166 Å². The molecule has 0 aliphatic heterocycles. The van der Waals surface area contributed by atoms with Crippen molar-refractivity contribution >= 4 is 28.5 Å². The number of methoxy groups -OCH3 is 1. The molecule has 0 spiro atoms. The van der Waals surface area contributed by atoms with Gasteiger partial charge in [0.1, 0.15) is 6.61 Å². The third-order valence-electron chi connectivity index (χ3n) is 4.51. The minimum atomic E-state index is -0.664. The van der Waals surface area contributed by atoms with Crippen molar-refractivity contribution in [3.05, 3.63) is 81.0 Å². The lowest BCUT2D eigenvalue weighted by Crippen LogP contribution is -2.15. The minimum Gasteiger partial charge on any atom is -0.465 e. The maximum Gasteiger partial charge on any atom is 0.340 e. The van der Waals surface area contributed by atoms with E-state index in [9.17, 15) is 19.7 Å². The van der Waals surface area contributed by atoms with Crippen molar-refractivity contribution in [2.24, 2.45) is 0 Å². The van der Waals surface area contributed by atoms with Crippen molar-refractivity contribution in [2.45, 2.75) is 20.0 Å². The summed E-state index contributed by atoms with van der Waals surface area (Å²) in [6.07, 6.45) is -0.267. The van der Waals surface area contributed by atoms with E-state index < -0.39 is 16.9 Å². The van der Waals surface area contributed by atoms with Crippen LogP contribution < -0.4 is 0 Å². The summed E-state index contributed by atoms with van der Waals surface area (Å²) in [5, 5.41) is 11.9. The second kappa shape index (κ2) is 8.47. The first kappa shape index (κ1) is 19.9. The van der Waals surface area contributed by atoms with E-state index in [1.807, 2.05) is 18.2 Å². The molecule has 0 amide bonds. The summed E-state index contributed by atoms with van der Waals surface area (Å²) >= 11 is 0. The van der Waals surface area contributed by atoms with Gasteiger partial charge in [-0.15, -0.1) is 0 Å². The minimum absolute atomic E-state index is 0.153. The number of carbonyl (C=O) groups is 2. The van der Waals surface area contributed by atoms with E-state index in [0.717, 1.165) is 5.39 Å². The Balaban J connectivity index is 1.86. The van der Waals surface area contributed by atoms with Gasteiger partial charge in [-0.1, -0.05) is 36.4 Å². The number of para-hydroxylation sites is 2.